The number of fused-ring (bicyclic) bond motifs is 6. The topological polar surface area (TPSA) is 38.9 Å². The van der Waals surface area contributed by atoms with Crippen LogP contribution in [0.25, 0.3) is 66.6 Å². The molecule has 4 bridgehead atoms. The third kappa shape index (κ3) is 3.85. The van der Waals surface area contributed by atoms with Gasteiger partial charge in [0.1, 0.15) is 11.6 Å². The number of anilines is 1. The summed E-state index contributed by atoms with van der Waals surface area (Å²) in [6.45, 7) is 0. The number of para-hydroxylation sites is 3. The van der Waals surface area contributed by atoms with Gasteiger partial charge in [-0.15, -0.1) is 0 Å². The molecule has 12 rings (SSSR count). The van der Waals surface area contributed by atoms with Gasteiger partial charge in [-0.2, -0.15) is 0 Å². The van der Waals surface area contributed by atoms with Crippen LogP contribution in [0.1, 0.15) is 32.1 Å². The fourth-order valence-corrected chi connectivity index (χ4v) is 9.86. The van der Waals surface area contributed by atoms with Gasteiger partial charge in [-0.25, -0.2) is 9.97 Å². The van der Waals surface area contributed by atoms with Crippen LogP contribution < -0.4 is 4.90 Å². The fourth-order valence-electron chi connectivity index (χ4n) is 9.86. The van der Waals surface area contributed by atoms with Crippen molar-refractivity contribution in [3.05, 3.63) is 127 Å². The van der Waals surface area contributed by atoms with Crippen molar-refractivity contribution in [2.24, 2.45) is 11.8 Å². The van der Waals surface area contributed by atoms with Gasteiger partial charge in [0, 0.05) is 50.9 Å². The summed E-state index contributed by atoms with van der Waals surface area (Å²) in [6, 6.07) is 47.2. The number of nitrogens with zero attached hydrogens (tertiary/aromatic N) is 5. The number of aromatic nitrogens is 4. The molecule has 2 saturated heterocycles. The van der Waals surface area contributed by atoms with Crippen molar-refractivity contribution in [1.82, 2.24) is 19.1 Å². The van der Waals surface area contributed by atoms with Gasteiger partial charge >= 0.3 is 0 Å². The second-order valence-corrected chi connectivity index (χ2v) is 14.3. The Morgan fingerprint density at radius 1 is 0.438 bits per heavy atom. The van der Waals surface area contributed by atoms with E-state index in [4.69, 9.17) is 9.97 Å². The lowest BCUT2D eigenvalue weighted by atomic mass is 9.63. The number of rotatable bonds is 4. The number of hydrogen-bond donors (Lipinski definition) is 0. The molecule has 0 atom stereocenters. The molecule has 0 N–H and O–H groups in total. The van der Waals surface area contributed by atoms with Crippen molar-refractivity contribution in [3.8, 4) is 23.0 Å². The van der Waals surface area contributed by atoms with Crippen molar-refractivity contribution in [1.29, 1.82) is 0 Å². The van der Waals surface area contributed by atoms with E-state index in [-0.39, 0.29) is 0 Å². The van der Waals surface area contributed by atoms with E-state index < -0.39 is 0 Å². The molecule has 2 saturated carbocycles. The van der Waals surface area contributed by atoms with Gasteiger partial charge in [0.2, 0.25) is 0 Å². The smallest absolute Gasteiger partial charge is 0.163 e. The van der Waals surface area contributed by atoms with Gasteiger partial charge in [0.05, 0.1) is 22.1 Å². The molecule has 48 heavy (non-hydrogen) atoms. The van der Waals surface area contributed by atoms with E-state index in [0.717, 1.165) is 51.4 Å². The van der Waals surface area contributed by atoms with E-state index in [0.29, 0.717) is 12.1 Å². The Bertz CT molecular complexity index is 2460. The molecule has 3 aromatic heterocycles. The van der Waals surface area contributed by atoms with Gasteiger partial charge in [-0.3, -0.25) is 9.13 Å². The molecular weight excluding hydrogens is 587 g/mol. The van der Waals surface area contributed by atoms with Crippen LogP contribution in [-0.4, -0.2) is 31.2 Å². The van der Waals surface area contributed by atoms with Gasteiger partial charge in [0.25, 0.3) is 0 Å². The predicted octanol–water partition coefficient (Wildman–Crippen LogP) is 10.1. The van der Waals surface area contributed by atoms with Gasteiger partial charge in [-0.05, 0) is 74.3 Å². The molecule has 2 aliphatic heterocycles. The summed E-state index contributed by atoms with van der Waals surface area (Å²) >= 11 is 0. The Labute approximate surface area is 279 Å². The minimum Gasteiger partial charge on any atom is -0.365 e. The highest BCUT2D eigenvalue weighted by Gasteiger charge is 2.47. The van der Waals surface area contributed by atoms with E-state index >= 15 is 0 Å². The Balaban J connectivity index is 1.18. The number of benzene rings is 5. The van der Waals surface area contributed by atoms with E-state index in [1.54, 1.807) is 0 Å². The van der Waals surface area contributed by atoms with Crippen LogP contribution in [0.3, 0.4) is 0 Å². The molecule has 0 spiro atoms. The highest BCUT2D eigenvalue weighted by molar-refractivity contribution is 6.11. The highest BCUT2D eigenvalue weighted by atomic mass is 15.2. The first-order valence-electron chi connectivity index (χ1n) is 17.5. The Kier molecular flexibility index (Phi) is 5.57. The third-order valence-electron chi connectivity index (χ3n) is 11.6. The normalized spacial score (nSPS) is 21.7. The Morgan fingerprint density at radius 2 is 0.917 bits per heavy atom. The molecule has 5 aromatic carbocycles. The first kappa shape index (κ1) is 26.6. The number of piperidine rings is 2. The van der Waals surface area contributed by atoms with Gasteiger partial charge < -0.3 is 4.90 Å². The van der Waals surface area contributed by atoms with Crippen molar-refractivity contribution in [2.75, 3.05) is 4.90 Å². The maximum absolute atomic E-state index is 5.36. The minimum atomic E-state index is 0.669. The second kappa shape index (κ2) is 10.0. The van der Waals surface area contributed by atoms with Crippen LogP contribution in [0, 0.1) is 11.8 Å². The van der Waals surface area contributed by atoms with E-state index in [1.807, 2.05) is 0 Å². The van der Waals surface area contributed by atoms with E-state index in [2.05, 4.69) is 141 Å². The molecule has 0 amide bonds. The second-order valence-electron chi connectivity index (χ2n) is 14.3. The lowest BCUT2D eigenvalue weighted by Crippen LogP contribution is -2.58. The molecule has 5 nitrogen and oxygen atoms in total. The number of hydrogen-bond acceptors (Lipinski definition) is 3. The van der Waals surface area contributed by atoms with E-state index in [1.165, 1.54) is 64.9 Å². The summed E-state index contributed by atoms with van der Waals surface area (Å²) in [5.41, 5.74) is 7.01. The average Bonchev–Trinajstić information content (AvgIpc) is 3.64. The predicted molar refractivity (Wildman–Crippen MR) is 196 cm³/mol. The molecule has 5 heteroatoms. The zero-order valence-corrected chi connectivity index (χ0v) is 26.7. The quantitative estimate of drug-likeness (QED) is 0.196. The van der Waals surface area contributed by atoms with Gasteiger partial charge in [0.15, 0.2) is 5.82 Å². The molecular formula is C43H35N5. The zero-order chi connectivity index (χ0) is 31.3. The lowest BCUT2D eigenvalue weighted by molar-refractivity contribution is 0.0900. The van der Waals surface area contributed by atoms with Gasteiger partial charge in [-0.1, -0.05) is 91.0 Å². The largest absolute Gasteiger partial charge is 0.365 e. The van der Waals surface area contributed by atoms with Crippen LogP contribution in [0.2, 0.25) is 0 Å². The van der Waals surface area contributed by atoms with Crippen LogP contribution in [0.15, 0.2) is 127 Å². The molecule has 232 valence electrons. The van der Waals surface area contributed by atoms with Crippen molar-refractivity contribution in [2.45, 2.75) is 44.2 Å². The standard InChI is InChI=1S/C43H35N5/c1-2-10-29(11-3-1)43-44-41(47-37-15-7-4-12-33(37)34-13-5-8-16-38(34)47)26-42(45-43)48-39-17-9-6-14-35(39)36-19-18-30(25-40(36)48)46-31-21-27-20-28(23-31)24-32(46)22-27/h1-19,25-28,31-32H,20-24H2. The molecule has 2 aliphatic carbocycles. The SMILES string of the molecule is c1ccc(-c2nc(-n3c4ccccc4c4ccccc43)cc(-n3c4ccccc4c4ccc(N5C6CC7CC(C6)CC5C7)cc43)n2)cc1. The first-order valence-corrected chi connectivity index (χ1v) is 17.5. The van der Waals surface area contributed by atoms with Crippen molar-refractivity contribution < 1.29 is 0 Å². The minimum absolute atomic E-state index is 0.669. The van der Waals surface area contributed by atoms with Crippen molar-refractivity contribution >= 4 is 49.3 Å². The lowest BCUT2D eigenvalue weighted by Gasteiger charge is -2.57. The van der Waals surface area contributed by atoms with Crippen LogP contribution in [0.5, 0.6) is 0 Å². The summed E-state index contributed by atoms with van der Waals surface area (Å²) in [6.07, 6.45) is 6.86. The molecule has 0 unspecified atom stereocenters. The summed E-state index contributed by atoms with van der Waals surface area (Å²) in [4.78, 5) is 13.4. The van der Waals surface area contributed by atoms with Crippen LogP contribution in [-0.2, 0) is 0 Å². The maximum Gasteiger partial charge on any atom is 0.163 e. The highest BCUT2D eigenvalue weighted by Crippen LogP contribution is 2.51. The zero-order valence-electron chi connectivity index (χ0n) is 26.7. The average molecular weight is 622 g/mol. The van der Waals surface area contributed by atoms with Crippen LogP contribution in [0.4, 0.5) is 5.69 Å². The molecule has 8 aromatic rings. The molecule has 5 heterocycles. The summed E-state index contributed by atoms with van der Waals surface area (Å²) in [5.74, 6) is 4.32. The summed E-state index contributed by atoms with van der Waals surface area (Å²) in [7, 11) is 0. The Hall–Kier alpha value is -5.42. The van der Waals surface area contributed by atoms with Crippen LogP contribution >= 0.6 is 0 Å². The molecule has 0 radical (unpaired) electrons. The van der Waals surface area contributed by atoms with E-state index in [9.17, 15) is 0 Å². The third-order valence-corrected chi connectivity index (χ3v) is 11.6. The monoisotopic (exact) mass is 621 g/mol. The Morgan fingerprint density at radius 3 is 1.48 bits per heavy atom. The summed E-state index contributed by atoms with van der Waals surface area (Å²) in [5, 5.41) is 4.96. The molecule has 4 aliphatic rings. The molecule has 4 fully saturated rings. The first-order chi connectivity index (χ1) is 23.8. The van der Waals surface area contributed by atoms with Crippen molar-refractivity contribution in [3.63, 3.8) is 0 Å². The maximum atomic E-state index is 5.36. The fraction of sp³-hybridized carbons (Fsp3) is 0.209. The summed E-state index contributed by atoms with van der Waals surface area (Å²) < 4.78 is 4.69.